The second kappa shape index (κ2) is 9.84. The first-order chi connectivity index (χ1) is 16.4. The van der Waals surface area contributed by atoms with E-state index in [1.54, 1.807) is 54.6 Å². The largest absolute Gasteiger partial charge is 0.465 e. The van der Waals surface area contributed by atoms with E-state index in [9.17, 15) is 14.4 Å². The summed E-state index contributed by atoms with van der Waals surface area (Å²) in [7, 11) is 1.33. The second-order valence-electron chi connectivity index (χ2n) is 7.60. The second-order valence-corrected chi connectivity index (χ2v) is 7.60. The quantitative estimate of drug-likeness (QED) is 0.379. The van der Waals surface area contributed by atoms with E-state index in [-0.39, 0.29) is 18.0 Å². The molecule has 0 atom stereocenters. The van der Waals surface area contributed by atoms with Gasteiger partial charge in [0.2, 0.25) is 5.91 Å². The number of amides is 1. The van der Waals surface area contributed by atoms with Crippen LogP contribution in [0.5, 0.6) is 0 Å². The zero-order chi connectivity index (χ0) is 24.1. The van der Waals surface area contributed by atoms with E-state index in [1.807, 2.05) is 19.1 Å². The summed E-state index contributed by atoms with van der Waals surface area (Å²) >= 11 is 0. The van der Waals surface area contributed by atoms with Crippen molar-refractivity contribution in [3.8, 4) is 11.8 Å². The van der Waals surface area contributed by atoms with Crippen LogP contribution < -0.4 is 10.9 Å². The highest BCUT2D eigenvalue weighted by molar-refractivity contribution is 5.91. The number of methoxy groups -OCH3 is 1. The molecule has 1 heterocycles. The lowest BCUT2D eigenvalue weighted by atomic mass is 10.1. The van der Waals surface area contributed by atoms with Gasteiger partial charge in [0.15, 0.2) is 0 Å². The van der Waals surface area contributed by atoms with Crippen molar-refractivity contribution >= 4 is 28.5 Å². The Bertz CT molecular complexity index is 1530. The fourth-order valence-corrected chi connectivity index (χ4v) is 3.47. The van der Waals surface area contributed by atoms with E-state index >= 15 is 0 Å². The van der Waals surface area contributed by atoms with Gasteiger partial charge in [0.05, 0.1) is 29.9 Å². The SMILES string of the molecule is COC(=O)c1cccc(C#Cc2cccc(NC(=O)Cn3cnc4c(C)cccc4c3=O)c2)c1. The number of para-hydroxylation sites is 1. The summed E-state index contributed by atoms with van der Waals surface area (Å²) in [6.07, 6.45) is 1.39. The molecular weight excluding hydrogens is 430 g/mol. The number of esters is 1. The topological polar surface area (TPSA) is 90.3 Å². The number of rotatable bonds is 4. The Morgan fingerprint density at radius 1 is 1.00 bits per heavy atom. The zero-order valence-corrected chi connectivity index (χ0v) is 18.7. The minimum atomic E-state index is -0.427. The molecule has 0 spiro atoms. The molecule has 4 rings (SSSR count). The van der Waals surface area contributed by atoms with Crippen molar-refractivity contribution in [2.75, 3.05) is 12.4 Å². The number of hydrogen-bond donors (Lipinski definition) is 1. The molecule has 168 valence electrons. The number of benzene rings is 3. The molecule has 7 heteroatoms. The van der Waals surface area contributed by atoms with Crippen molar-refractivity contribution < 1.29 is 14.3 Å². The van der Waals surface area contributed by atoms with Crippen LogP contribution in [0.2, 0.25) is 0 Å². The number of nitrogens with one attached hydrogen (secondary N) is 1. The molecule has 3 aromatic carbocycles. The summed E-state index contributed by atoms with van der Waals surface area (Å²) in [6.45, 7) is 1.73. The molecule has 0 saturated heterocycles. The maximum atomic E-state index is 12.7. The van der Waals surface area contributed by atoms with Gasteiger partial charge in [-0.2, -0.15) is 0 Å². The highest BCUT2D eigenvalue weighted by Crippen LogP contribution is 2.13. The Labute approximate surface area is 196 Å². The van der Waals surface area contributed by atoms with Crippen molar-refractivity contribution in [3.05, 3.63) is 106 Å². The van der Waals surface area contributed by atoms with Crippen LogP contribution in [0.3, 0.4) is 0 Å². The first-order valence-corrected chi connectivity index (χ1v) is 10.5. The van der Waals surface area contributed by atoms with E-state index in [2.05, 4.69) is 22.1 Å². The molecule has 1 N–H and O–H groups in total. The van der Waals surface area contributed by atoms with Crippen LogP contribution in [-0.4, -0.2) is 28.5 Å². The van der Waals surface area contributed by atoms with Crippen LogP contribution in [-0.2, 0) is 16.1 Å². The summed E-state index contributed by atoms with van der Waals surface area (Å²) < 4.78 is 6.02. The van der Waals surface area contributed by atoms with Crippen LogP contribution in [0.1, 0.15) is 27.0 Å². The third-order valence-electron chi connectivity index (χ3n) is 5.15. The van der Waals surface area contributed by atoms with E-state index in [0.717, 1.165) is 5.56 Å². The molecule has 0 radical (unpaired) electrons. The summed E-state index contributed by atoms with van der Waals surface area (Å²) in [6, 6.07) is 19.3. The van der Waals surface area contributed by atoms with Crippen LogP contribution in [0, 0.1) is 18.8 Å². The molecule has 0 saturated carbocycles. The Morgan fingerprint density at radius 2 is 1.71 bits per heavy atom. The number of ether oxygens (including phenoxy) is 1. The number of aromatic nitrogens is 2. The van der Waals surface area contributed by atoms with Crippen molar-refractivity contribution in [1.82, 2.24) is 9.55 Å². The first-order valence-electron chi connectivity index (χ1n) is 10.5. The average Bonchev–Trinajstić information content (AvgIpc) is 2.85. The van der Waals surface area contributed by atoms with Gasteiger partial charge >= 0.3 is 5.97 Å². The molecule has 0 fully saturated rings. The number of fused-ring (bicyclic) bond motifs is 1. The lowest BCUT2D eigenvalue weighted by Gasteiger charge is -2.09. The van der Waals surface area contributed by atoms with Crippen LogP contribution in [0.25, 0.3) is 10.9 Å². The van der Waals surface area contributed by atoms with Gasteiger partial charge in [0.25, 0.3) is 5.56 Å². The third-order valence-corrected chi connectivity index (χ3v) is 5.15. The number of hydrogen-bond acceptors (Lipinski definition) is 5. The van der Waals surface area contributed by atoms with Gasteiger partial charge in [0, 0.05) is 16.8 Å². The standard InChI is InChI=1S/C27H21N3O4/c1-18-6-3-11-23-25(18)28-17-30(26(23)32)16-24(31)29-22-10-5-8-20(15-22)13-12-19-7-4-9-21(14-19)27(33)34-2/h3-11,14-15,17H,16H2,1-2H3,(H,29,31). The number of aryl methyl sites for hydroxylation is 1. The fourth-order valence-electron chi connectivity index (χ4n) is 3.47. The number of nitrogens with zero attached hydrogens (tertiary/aromatic N) is 2. The van der Waals surface area contributed by atoms with E-state index in [0.29, 0.717) is 33.3 Å². The van der Waals surface area contributed by atoms with Gasteiger partial charge in [-0.15, -0.1) is 0 Å². The predicted octanol–water partition coefficient (Wildman–Crippen LogP) is 3.53. The highest BCUT2D eigenvalue weighted by Gasteiger charge is 2.10. The van der Waals surface area contributed by atoms with Crippen molar-refractivity contribution in [2.24, 2.45) is 0 Å². The summed E-state index contributed by atoms with van der Waals surface area (Å²) in [5.41, 5.74) is 3.59. The van der Waals surface area contributed by atoms with Crippen LogP contribution >= 0.6 is 0 Å². The minimum absolute atomic E-state index is 0.161. The average molecular weight is 451 g/mol. The summed E-state index contributed by atoms with van der Waals surface area (Å²) in [5, 5.41) is 3.27. The van der Waals surface area contributed by atoms with Gasteiger partial charge < -0.3 is 10.1 Å². The van der Waals surface area contributed by atoms with Crippen molar-refractivity contribution in [3.63, 3.8) is 0 Å². The monoisotopic (exact) mass is 451 g/mol. The predicted molar refractivity (Wildman–Crippen MR) is 130 cm³/mol. The molecule has 0 aliphatic heterocycles. The summed E-state index contributed by atoms with van der Waals surface area (Å²) in [4.78, 5) is 41.3. The molecule has 0 aliphatic carbocycles. The smallest absolute Gasteiger partial charge is 0.337 e. The van der Waals surface area contributed by atoms with E-state index in [4.69, 9.17) is 4.74 Å². The molecular formula is C27H21N3O4. The molecule has 34 heavy (non-hydrogen) atoms. The third kappa shape index (κ3) is 5.03. The molecule has 1 aromatic heterocycles. The Balaban J connectivity index is 1.48. The Kier molecular flexibility index (Phi) is 6.51. The van der Waals surface area contributed by atoms with Crippen LogP contribution in [0.15, 0.2) is 77.9 Å². The molecule has 0 bridgehead atoms. The zero-order valence-electron chi connectivity index (χ0n) is 18.7. The lowest BCUT2D eigenvalue weighted by Crippen LogP contribution is -2.28. The molecule has 7 nitrogen and oxygen atoms in total. The van der Waals surface area contributed by atoms with E-state index < -0.39 is 5.97 Å². The van der Waals surface area contributed by atoms with Gasteiger partial charge in [-0.05, 0) is 55.0 Å². The van der Waals surface area contributed by atoms with Crippen molar-refractivity contribution in [1.29, 1.82) is 0 Å². The van der Waals surface area contributed by atoms with Gasteiger partial charge in [-0.25, -0.2) is 9.78 Å². The maximum absolute atomic E-state index is 12.7. The first kappa shape index (κ1) is 22.5. The minimum Gasteiger partial charge on any atom is -0.465 e. The maximum Gasteiger partial charge on any atom is 0.337 e. The van der Waals surface area contributed by atoms with Gasteiger partial charge in [0.1, 0.15) is 6.54 Å². The number of carbonyl (C=O) groups is 2. The Hall–Kier alpha value is -4.70. The van der Waals surface area contributed by atoms with Crippen LogP contribution in [0.4, 0.5) is 5.69 Å². The van der Waals surface area contributed by atoms with Gasteiger partial charge in [-0.3, -0.25) is 14.2 Å². The molecule has 4 aromatic rings. The molecule has 0 aliphatic rings. The van der Waals surface area contributed by atoms with Gasteiger partial charge in [-0.1, -0.05) is 36.1 Å². The fraction of sp³-hybridized carbons (Fsp3) is 0.111. The van der Waals surface area contributed by atoms with E-state index in [1.165, 1.54) is 18.0 Å². The van der Waals surface area contributed by atoms with Crippen molar-refractivity contribution in [2.45, 2.75) is 13.5 Å². The lowest BCUT2D eigenvalue weighted by molar-refractivity contribution is -0.116. The Morgan fingerprint density at radius 3 is 2.47 bits per heavy atom. The summed E-state index contributed by atoms with van der Waals surface area (Å²) in [5.74, 6) is 5.25. The highest BCUT2D eigenvalue weighted by atomic mass is 16.5. The number of carbonyl (C=O) groups excluding carboxylic acids is 2. The molecule has 1 amide bonds. The molecule has 0 unspecified atom stereocenters. The number of anilines is 1. The normalized spacial score (nSPS) is 10.3.